The van der Waals surface area contributed by atoms with Gasteiger partial charge in [-0.05, 0) is 72.6 Å². The molecule has 1 N–H and O–H groups in total. The van der Waals surface area contributed by atoms with E-state index in [1.807, 2.05) is 24.3 Å². The quantitative estimate of drug-likeness (QED) is 0.0702. The molecule has 0 saturated heterocycles. The lowest BCUT2D eigenvalue weighted by Crippen LogP contribution is -2.43. The summed E-state index contributed by atoms with van der Waals surface area (Å²) in [5, 5.41) is 2.78. The summed E-state index contributed by atoms with van der Waals surface area (Å²) in [5.74, 6) is -0.226. The molecule has 1 amide bonds. The molecule has 0 aromatic heterocycles. The van der Waals surface area contributed by atoms with E-state index < -0.39 is 18.1 Å². The SMILES string of the molecule is COC(=O)[C@H](CSSC(C)(C)CCC(c1ccccc1)(c1ccccc1)c1ccc(C)cc1)NC(=O)OCC1c2ccccc2-c2ccccc21. The van der Waals surface area contributed by atoms with Crippen molar-refractivity contribution in [1.29, 1.82) is 0 Å². The molecule has 0 fully saturated rings. The largest absolute Gasteiger partial charge is 0.467 e. The number of fused-ring (bicyclic) bond motifs is 3. The minimum Gasteiger partial charge on any atom is -0.467 e. The first-order chi connectivity index (χ1) is 24.7. The fourth-order valence-electron chi connectivity index (χ4n) is 7.10. The molecule has 1 aliphatic carbocycles. The van der Waals surface area contributed by atoms with Gasteiger partial charge in [0, 0.05) is 21.8 Å². The molecule has 0 bridgehead atoms. The van der Waals surface area contributed by atoms with Gasteiger partial charge < -0.3 is 14.8 Å². The van der Waals surface area contributed by atoms with Crippen LogP contribution in [-0.2, 0) is 19.7 Å². The van der Waals surface area contributed by atoms with E-state index in [2.05, 4.69) is 135 Å². The Kier molecular flexibility index (Phi) is 11.6. The molecule has 0 aliphatic heterocycles. The predicted octanol–water partition coefficient (Wildman–Crippen LogP) is 10.3. The topological polar surface area (TPSA) is 64.6 Å². The van der Waals surface area contributed by atoms with E-state index in [0.717, 1.165) is 35.1 Å². The molecule has 0 unspecified atom stereocenters. The molecule has 0 saturated carbocycles. The van der Waals surface area contributed by atoms with E-state index in [9.17, 15) is 9.59 Å². The lowest BCUT2D eigenvalue weighted by atomic mass is 9.66. The van der Waals surface area contributed by atoms with E-state index in [-0.39, 0.29) is 22.7 Å². The second-order valence-electron chi connectivity index (χ2n) is 13.7. The fraction of sp³-hybridized carbons (Fsp3) is 0.273. The standard InChI is InChI=1S/C44H45NO4S2/c1-31-23-25-34(26-24-31)44(32-15-7-5-8-16-32,33-17-9-6-10-18-33)28-27-43(2,3)51-50-30-40(41(46)48-4)45-42(47)49-29-39-37-21-13-11-19-35(37)36-20-12-14-22-38(36)39/h5-26,39-40H,27-30H2,1-4H3,(H,45,47)/t40-/m0/s1. The summed E-state index contributed by atoms with van der Waals surface area (Å²) in [5.41, 5.74) is 9.25. The second kappa shape index (κ2) is 16.3. The van der Waals surface area contributed by atoms with Crippen LogP contribution in [0.5, 0.6) is 0 Å². The van der Waals surface area contributed by atoms with Gasteiger partial charge in [-0.2, -0.15) is 0 Å². The van der Waals surface area contributed by atoms with Crippen LogP contribution in [0.3, 0.4) is 0 Å². The third-order valence-electron chi connectivity index (χ3n) is 9.82. The molecule has 7 heteroatoms. The molecule has 1 aliphatic rings. The maximum Gasteiger partial charge on any atom is 0.407 e. The molecule has 5 aromatic carbocycles. The molecular formula is C44H45NO4S2. The molecule has 0 radical (unpaired) electrons. The molecule has 262 valence electrons. The van der Waals surface area contributed by atoms with Gasteiger partial charge in [-0.15, -0.1) is 0 Å². The maximum atomic E-state index is 13.1. The Morgan fingerprint density at radius 1 is 0.706 bits per heavy atom. The van der Waals surface area contributed by atoms with E-state index in [1.165, 1.54) is 29.4 Å². The molecule has 1 atom stereocenters. The fourth-order valence-corrected chi connectivity index (χ4v) is 9.85. The molecule has 0 heterocycles. The number of hydrogen-bond donors (Lipinski definition) is 1. The van der Waals surface area contributed by atoms with Crippen molar-refractivity contribution < 1.29 is 19.1 Å². The van der Waals surface area contributed by atoms with Gasteiger partial charge >= 0.3 is 12.1 Å². The number of aryl methyl sites for hydroxylation is 1. The number of esters is 1. The summed E-state index contributed by atoms with van der Waals surface area (Å²) in [6.45, 7) is 6.78. The number of carbonyl (C=O) groups excluding carboxylic acids is 2. The highest BCUT2D eigenvalue weighted by Gasteiger charge is 2.38. The van der Waals surface area contributed by atoms with Crippen molar-refractivity contribution in [2.45, 2.75) is 55.7 Å². The van der Waals surface area contributed by atoms with Crippen LogP contribution in [0.2, 0.25) is 0 Å². The predicted molar refractivity (Wildman–Crippen MR) is 211 cm³/mol. The number of methoxy groups -OCH3 is 1. The van der Waals surface area contributed by atoms with E-state index >= 15 is 0 Å². The van der Waals surface area contributed by atoms with Crippen LogP contribution in [-0.4, -0.2) is 42.3 Å². The lowest BCUT2D eigenvalue weighted by molar-refractivity contribution is -0.142. The van der Waals surface area contributed by atoms with Crippen LogP contribution in [0, 0.1) is 6.92 Å². The van der Waals surface area contributed by atoms with Gasteiger partial charge in [-0.25, -0.2) is 9.59 Å². The Labute approximate surface area is 310 Å². The molecular weight excluding hydrogens is 671 g/mol. The lowest BCUT2D eigenvalue weighted by Gasteiger charge is -2.38. The van der Waals surface area contributed by atoms with Gasteiger partial charge in [0.15, 0.2) is 0 Å². The highest BCUT2D eigenvalue weighted by molar-refractivity contribution is 8.77. The first-order valence-electron chi connectivity index (χ1n) is 17.4. The van der Waals surface area contributed by atoms with Crippen molar-refractivity contribution in [2.24, 2.45) is 0 Å². The minimum absolute atomic E-state index is 0.0655. The highest BCUT2D eigenvalue weighted by atomic mass is 33.1. The smallest absolute Gasteiger partial charge is 0.407 e. The van der Waals surface area contributed by atoms with Crippen LogP contribution >= 0.6 is 21.6 Å². The van der Waals surface area contributed by atoms with Crippen molar-refractivity contribution >= 4 is 33.7 Å². The molecule has 5 nitrogen and oxygen atoms in total. The second-order valence-corrected chi connectivity index (χ2v) is 16.7. The Bertz CT molecular complexity index is 1840. The minimum atomic E-state index is -0.848. The summed E-state index contributed by atoms with van der Waals surface area (Å²) in [7, 11) is 4.63. The number of carbonyl (C=O) groups is 2. The average Bonchev–Trinajstić information content (AvgIpc) is 3.48. The Morgan fingerprint density at radius 3 is 1.76 bits per heavy atom. The first kappa shape index (κ1) is 36.3. The van der Waals surface area contributed by atoms with E-state index in [4.69, 9.17) is 9.47 Å². The van der Waals surface area contributed by atoms with E-state index in [1.54, 1.807) is 21.6 Å². The number of alkyl carbamates (subject to hydrolysis) is 1. The molecule has 0 spiro atoms. The zero-order valence-corrected chi connectivity index (χ0v) is 31.3. The number of benzene rings is 5. The maximum absolute atomic E-state index is 13.1. The van der Waals surface area contributed by atoms with Crippen LogP contribution in [0.25, 0.3) is 11.1 Å². The monoisotopic (exact) mass is 715 g/mol. The van der Waals surface area contributed by atoms with E-state index in [0.29, 0.717) is 5.75 Å². The number of hydrogen-bond acceptors (Lipinski definition) is 6. The average molecular weight is 716 g/mol. The summed E-state index contributed by atoms with van der Waals surface area (Å²) in [6, 6.07) is 46.0. The molecule has 5 aromatic rings. The van der Waals surface area contributed by atoms with Gasteiger partial charge in [0.25, 0.3) is 0 Å². The third-order valence-corrected chi connectivity index (χ3v) is 13.2. The normalized spacial score (nSPS) is 13.2. The van der Waals surface area contributed by atoms with Crippen LogP contribution in [0.1, 0.15) is 66.0 Å². The number of rotatable bonds is 14. The van der Waals surface area contributed by atoms with Crippen LogP contribution < -0.4 is 5.32 Å². The zero-order chi connectivity index (χ0) is 35.8. The highest BCUT2D eigenvalue weighted by Crippen LogP contribution is 2.48. The van der Waals surface area contributed by atoms with Gasteiger partial charge in [0.2, 0.25) is 0 Å². The number of amides is 1. The summed E-state index contributed by atoms with van der Waals surface area (Å²) in [6.07, 6.45) is 1.14. The van der Waals surface area contributed by atoms with Gasteiger partial charge in [-0.1, -0.05) is 161 Å². The Morgan fingerprint density at radius 2 is 1.22 bits per heavy atom. The van der Waals surface area contributed by atoms with Crippen LogP contribution in [0.15, 0.2) is 133 Å². The Hall–Kier alpha value is -4.46. The number of nitrogens with one attached hydrogen (secondary N) is 1. The van der Waals surface area contributed by atoms with Crippen molar-refractivity contribution in [1.82, 2.24) is 5.32 Å². The zero-order valence-electron chi connectivity index (χ0n) is 29.6. The van der Waals surface area contributed by atoms with Crippen molar-refractivity contribution in [3.63, 3.8) is 0 Å². The number of ether oxygens (including phenoxy) is 2. The van der Waals surface area contributed by atoms with Crippen molar-refractivity contribution in [3.8, 4) is 11.1 Å². The summed E-state index contributed by atoms with van der Waals surface area (Å²) in [4.78, 5) is 25.9. The summed E-state index contributed by atoms with van der Waals surface area (Å²) >= 11 is 0. The first-order valence-corrected chi connectivity index (χ1v) is 19.7. The van der Waals surface area contributed by atoms with Crippen molar-refractivity contribution in [2.75, 3.05) is 19.5 Å². The van der Waals surface area contributed by atoms with Gasteiger partial charge in [0.1, 0.15) is 12.6 Å². The van der Waals surface area contributed by atoms with Gasteiger partial charge in [0.05, 0.1) is 7.11 Å². The van der Waals surface area contributed by atoms with Crippen molar-refractivity contribution in [3.05, 3.63) is 167 Å². The summed E-state index contributed by atoms with van der Waals surface area (Å²) < 4.78 is 10.7. The molecule has 51 heavy (non-hydrogen) atoms. The van der Waals surface area contributed by atoms with Crippen LogP contribution in [0.4, 0.5) is 4.79 Å². The molecule has 6 rings (SSSR count). The van der Waals surface area contributed by atoms with Gasteiger partial charge in [-0.3, -0.25) is 0 Å². The third kappa shape index (κ3) is 8.21. The Balaban J connectivity index is 1.11.